The Kier molecular flexibility index (Phi) is 6.01. The number of aliphatic carboxylic acids is 1. The maximum atomic E-state index is 12.6. The first-order valence-electron chi connectivity index (χ1n) is 9.11. The fraction of sp³-hybridized carbons (Fsp3) is 0.556. The third-order valence-electron chi connectivity index (χ3n) is 5.04. The van der Waals surface area contributed by atoms with E-state index in [1.165, 1.54) is 0 Å². The summed E-state index contributed by atoms with van der Waals surface area (Å²) in [6.07, 6.45) is 2.74. The lowest BCUT2D eigenvalue weighted by Crippen LogP contribution is -2.46. The Labute approximate surface area is 158 Å². The van der Waals surface area contributed by atoms with E-state index in [2.05, 4.69) is 0 Å². The summed E-state index contributed by atoms with van der Waals surface area (Å²) in [5, 5.41) is 8.19. The van der Waals surface area contributed by atoms with Crippen molar-refractivity contribution in [2.75, 3.05) is 32.8 Å². The summed E-state index contributed by atoms with van der Waals surface area (Å²) in [6.45, 7) is 1.60. The Morgan fingerprint density at radius 2 is 1.63 bits per heavy atom. The summed E-state index contributed by atoms with van der Waals surface area (Å²) >= 11 is 0. The molecule has 0 aromatic heterocycles. The molecule has 1 amide bonds. The van der Waals surface area contributed by atoms with Gasteiger partial charge in [0.05, 0.1) is 5.25 Å². The molecule has 0 radical (unpaired) electrons. The first-order chi connectivity index (χ1) is 12.9. The van der Waals surface area contributed by atoms with E-state index < -0.39 is 27.8 Å². The minimum atomic E-state index is -3.26. The zero-order valence-corrected chi connectivity index (χ0v) is 15.9. The number of benzene rings is 1. The molecule has 2 fully saturated rings. The van der Waals surface area contributed by atoms with Gasteiger partial charge in [-0.1, -0.05) is 0 Å². The van der Waals surface area contributed by atoms with Crippen molar-refractivity contribution in [2.45, 2.75) is 30.9 Å². The van der Waals surface area contributed by atoms with Gasteiger partial charge in [-0.05, 0) is 49.9 Å². The van der Waals surface area contributed by atoms with Gasteiger partial charge in [-0.15, -0.1) is 0 Å². The van der Waals surface area contributed by atoms with Gasteiger partial charge < -0.3 is 14.7 Å². The van der Waals surface area contributed by atoms with Gasteiger partial charge in [-0.25, -0.2) is 17.5 Å². The second kappa shape index (κ2) is 8.26. The first-order valence-corrected chi connectivity index (χ1v) is 10.6. The SMILES string of the molecule is O=C(O)COc1ccc(C(=O)N2CCC(S(=O)(=O)N3CCCC3)CC2)cc1. The van der Waals surface area contributed by atoms with Gasteiger partial charge in [0.15, 0.2) is 6.61 Å². The summed E-state index contributed by atoms with van der Waals surface area (Å²) in [7, 11) is -3.26. The number of rotatable bonds is 6. The quantitative estimate of drug-likeness (QED) is 0.774. The molecular weight excluding hydrogens is 372 g/mol. The van der Waals surface area contributed by atoms with Crippen LogP contribution in [0, 0.1) is 0 Å². The van der Waals surface area contributed by atoms with E-state index in [4.69, 9.17) is 9.84 Å². The Hall–Kier alpha value is -2.13. The molecule has 8 nitrogen and oxygen atoms in total. The molecule has 0 atom stereocenters. The van der Waals surface area contributed by atoms with Crippen LogP contribution in [0.2, 0.25) is 0 Å². The number of hydrogen-bond donors (Lipinski definition) is 1. The van der Waals surface area contributed by atoms with Gasteiger partial charge in [0.25, 0.3) is 5.91 Å². The van der Waals surface area contributed by atoms with Crippen LogP contribution in [0.15, 0.2) is 24.3 Å². The van der Waals surface area contributed by atoms with Crippen LogP contribution in [0.25, 0.3) is 0 Å². The molecule has 0 bridgehead atoms. The average molecular weight is 396 g/mol. The predicted octanol–water partition coefficient (Wildman–Crippen LogP) is 1.18. The average Bonchev–Trinajstić information content (AvgIpc) is 3.22. The van der Waals surface area contributed by atoms with Crippen LogP contribution in [0.3, 0.4) is 0 Å². The van der Waals surface area contributed by atoms with Crippen LogP contribution in [0.5, 0.6) is 5.75 Å². The fourth-order valence-corrected chi connectivity index (χ4v) is 5.53. The molecular formula is C18H24N2O6S. The summed E-state index contributed by atoms with van der Waals surface area (Å²) < 4.78 is 31.9. The van der Waals surface area contributed by atoms with E-state index in [1.54, 1.807) is 33.5 Å². The standard InChI is InChI=1S/C18H24N2O6S/c21-17(22)13-26-15-5-3-14(4-6-15)18(23)19-11-7-16(8-12-19)27(24,25)20-9-1-2-10-20/h3-6,16H,1-2,7-13H2,(H,21,22). The Balaban J connectivity index is 1.56. The van der Waals surface area contributed by atoms with Gasteiger partial charge >= 0.3 is 5.97 Å². The maximum Gasteiger partial charge on any atom is 0.341 e. The predicted molar refractivity (Wildman–Crippen MR) is 98.2 cm³/mol. The monoisotopic (exact) mass is 396 g/mol. The lowest BCUT2D eigenvalue weighted by molar-refractivity contribution is -0.139. The van der Waals surface area contributed by atoms with Crippen LogP contribution >= 0.6 is 0 Å². The van der Waals surface area contributed by atoms with E-state index in [1.807, 2.05) is 0 Å². The van der Waals surface area contributed by atoms with Crippen molar-refractivity contribution >= 4 is 21.9 Å². The highest BCUT2D eigenvalue weighted by atomic mass is 32.2. The normalized spacial score (nSPS) is 19.2. The van der Waals surface area contributed by atoms with Crippen LogP contribution in [-0.2, 0) is 14.8 Å². The van der Waals surface area contributed by atoms with Gasteiger partial charge in [-0.3, -0.25) is 4.79 Å². The molecule has 0 unspecified atom stereocenters. The molecule has 0 saturated carbocycles. The third kappa shape index (κ3) is 4.59. The molecule has 148 valence electrons. The molecule has 2 aliphatic rings. The van der Waals surface area contributed by atoms with E-state index in [9.17, 15) is 18.0 Å². The zero-order valence-electron chi connectivity index (χ0n) is 15.0. The Bertz CT molecular complexity index is 779. The smallest absolute Gasteiger partial charge is 0.341 e. The highest BCUT2D eigenvalue weighted by Gasteiger charge is 2.36. The molecule has 9 heteroatoms. The highest BCUT2D eigenvalue weighted by molar-refractivity contribution is 7.89. The van der Waals surface area contributed by atoms with Gasteiger partial charge in [0.2, 0.25) is 10.0 Å². The number of carbonyl (C=O) groups excluding carboxylic acids is 1. The van der Waals surface area contributed by atoms with Crippen molar-refractivity contribution in [3.05, 3.63) is 29.8 Å². The molecule has 1 N–H and O–H groups in total. The second-order valence-electron chi connectivity index (χ2n) is 6.85. The minimum Gasteiger partial charge on any atom is -0.482 e. The third-order valence-corrected chi connectivity index (χ3v) is 7.44. The Morgan fingerprint density at radius 3 is 2.19 bits per heavy atom. The van der Waals surface area contributed by atoms with Crippen molar-refractivity contribution in [2.24, 2.45) is 0 Å². The molecule has 2 aliphatic heterocycles. The zero-order chi connectivity index (χ0) is 19.4. The largest absolute Gasteiger partial charge is 0.482 e. The van der Waals surface area contributed by atoms with Gasteiger partial charge in [0, 0.05) is 31.7 Å². The topological polar surface area (TPSA) is 104 Å². The summed E-state index contributed by atoms with van der Waals surface area (Å²) in [4.78, 5) is 24.8. The molecule has 2 heterocycles. The van der Waals surface area contributed by atoms with E-state index in [0.29, 0.717) is 50.3 Å². The lowest BCUT2D eigenvalue weighted by Gasteiger charge is -2.33. The van der Waals surface area contributed by atoms with Gasteiger partial charge in [0.1, 0.15) is 5.75 Å². The molecule has 0 spiro atoms. The molecule has 3 rings (SSSR count). The maximum absolute atomic E-state index is 12.6. The molecule has 1 aromatic rings. The molecule has 27 heavy (non-hydrogen) atoms. The summed E-state index contributed by atoms with van der Waals surface area (Å²) in [5.41, 5.74) is 0.471. The number of nitrogens with zero attached hydrogens (tertiary/aromatic N) is 2. The van der Waals surface area contributed by atoms with Crippen molar-refractivity contribution in [3.8, 4) is 5.75 Å². The van der Waals surface area contributed by atoms with Crippen LogP contribution in [0.1, 0.15) is 36.0 Å². The van der Waals surface area contributed by atoms with E-state index >= 15 is 0 Å². The number of sulfonamides is 1. The second-order valence-corrected chi connectivity index (χ2v) is 9.06. The number of piperidine rings is 1. The number of carboxylic acid groups (broad SMARTS) is 1. The molecule has 0 aliphatic carbocycles. The van der Waals surface area contributed by atoms with Crippen LogP contribution < -0.4 is 4.74 Å². The molecule has 2 saturated heterocycles. The Morgan fingerprint density at radius 1 is 1.04 bits per heavy atom. The number of hydrogen-bond acceptors (Lipinski definition) is 5. The number of amides is 1. The summed E-state index contributed by atoms with van der Waals surface area (Å²) in [5.74, 6) is -0.844. The van der Waals surface area contributed by atoms with Crippen molar-refractivity contribution < 1.29 is 27.9 Å². The van der Waals surface area contributed by atoms with Crippen molar-refractivity contribution in [1.29, 1.82) is 0 Å². The minimum absolute atomic E-state index is 0.156. The fourth-order valence-electron chi connectivity index (χ4n) is 3.53. The number of ether oxygens (including phenoxy) is 1. The van der Waals surface area contributed by atoms with Crippen molar-refractivity contribution in [1.82, 2.24) is 9.21 Å². The van der Waals surface area contributed by atoms with Crippen LogP contribution in [-0.4, -0.2) is 72.6 Å². The number of carboxylic acids is 1. The van der Waals surface area contributed by atoms with Gasteiger partial charge in [-0.2, -0.15) is 0 Å². The lowest BCUT2D eigenvalue weighted by atomic mass is 10.1. The molecule has 1 aromatic carbocycles. The van der Waals surface area contributed by atoms with E-state index in [-0.39, 0.29) is 5.91 Å². The van der Waals surface area contributed by atoms with E-state index in [0.717, 1.165) is 12.8 Å². The summed E-state index contributed by atoms with van der Waals surface area (Å²) in [6, 6.07) is 6.29. The highest BCUT2D eigenvalue weighted by Crippen LogP contribution is 2.25. The van der Waals surface area contributed by atoms with Crippen molar-refractivity contribution in [3.63, 3.8) is 0 Å². The number of likely N-dealkylation sites (tertiary alicyclic amines) is 1. The first kappa shape index (κ1) is 19.6. The van der Waals surface area contributed by atoms with Crippen LogP contribution in [0.4, 0.5) is 0 Å². The number of carbonyl (C=O) groups is 2.